The van der Waals surface area contributed by atoms with Gasteiger partial charge in [-0.2, -0.15) is 0 Å². The van der Waals surface area contributed by atoms with Gasteiger partial charge in [-0.3, -0.25) is 4.79 Å². The van der Waals surface area contributed by atoms with Gasteiger partial charge in [-0.15, -0.1) is 0 Å². The lowest BCUT2D eigenvalue weighted by Gasteiger charge is -2.02. The number of anilines is 1. The van der Waals surface area contributed by atoms with Crippen molar-refractivity contribution >= 4 is 11.7 Å². The van der Waals surface area contributed by atoms with E-state index in [2.05, 4.69) is 0 Å². The second-order valence-corrected chi connectivity index (χ2v) is 2.74. The fourth-order valence-electron chi connectivity index (χ4n) is 1.04. The van der Waals surface area contributed by atoms with Crippen molar-refractivity contribution in [1.29, 1.82) is 0 Å². The smallest absolute Gasteiger partial charge is 0.303 e. The van der Waals surface area contributed by atoms with E-state index in [0.717, 1.165) is 0 Å². The highest BCUT2D eigenvalue weighted by Crippen LogP contribution is 2.14. The molecule has 0 aliphatic carbocycles. The van der Waals surface area contributed by atoms with E-state index in [1.807, 2.05) is 0 Å². The highest BCUT2D eigenvalue weighted by atomic mass is 19.1. The van der Waals surface area contributed by atoms with Gasteiger partial charge < -0.3 is 10.8 Å². The summed E-state index contributed by atoms with van der Waals surface area (Å²) in [7, 11) is 0. The van der Waals surface area contributed by atoms with Crippen molar-refractivity contribution in [2.45, 2.75) is 12.8 Å². The largest absolute Gasteiger partial charge is 0.481 e. The average molecular weight is 183 g/mol. The van der Waals surface area contributed by atoms with Crippen LogP contribution in [0.5, 0.6) is 0 Å². The van der Waals surface area contributed by atoms with Crippen molar-refractivity contribution in [2.24, 2.45) is 0 Å². The molecular weight excluding hydrogens is 173 g/mol. The number of carboxylic acid groups (broad SMARTS) is 1. The lowest BCUT2D eigenvalue weighted by molar-refractivity contribution is -0.136. The Balaban J connectivity index is 2.72. The van der Waals surface area contributed by atoms with Gasteiger partial charge >= 0.3 is 5.97 Å². The van der Waals surface area contributed by atoms with Gasteiger partial charge in [-0.1, -0.05) is 6.07 Å². The molecule has 1 aromatic rings. The van der Waals surface area contributed by atoms with Crippen molar-refractivity contribution in [2.75, 3.05) is 5.73 Å². The van der Waals surface area contributed by atoms with Gasteiger partial charge in [0.15, 0.2) is 0 Å². The zero-order valence-corrected chi connectivity index (χ0v) is 6.96. The minimum Gasteiger partial charge on any atom is -0.481 e. The maximum Gasteiger partial charge on any atom is 0.303 e. The number of hydrogen-bond acceptors (Lipinski definition) is 2. The van der Waals surface area contributed by atoms with Crippen LogP contribution < -0.4 is 5.73 Å². The van der Waals surface area contributed by atoms with Crippen LogP contribution in [-0.4, -0.2) is 11.1 Å². The van der Waals surface area contributed by atoms with Crippen LogP contribution in [-0.2, 0) is 11.2 Å². The topological polar surface area (TPSA) is 63.3 Å². The molecule has 1 aromatic carbocycles. The summed E-state index contributed by atoms with van der Waals surface area (Å²) in [5, 5.41) is 8.41. The Kier molecular flexibility index (Phi) is 2.84. The van der Waals surface area contributed by atoms with Crippen LogP contribution in [0, 0.1) is 5.82 Å². The van der Waals surface area contributed by atoms with Gasteiger partial charge in [-0.05, 0) is 24.1 Å². The second kappa shape index (κ2) is 3.89. The van der Waals surface area contributed by atoms with Crippen molar-refractivity contribution in [3.8, 4) is 0 Å². The van der Waals surface area contributed by atoms with E-state index in [1.165, 1.54) is 18.2 Å². The zero-order valence-electron chi connectivity index (χ0n) is 6.96. The number of hydrogen-bond donors (Lipinski definition) is 2. The fourth-order valence-corrected chi connectivity index (χ4v) is 1.04. The number of nitrogens with two attached hydrogens (primary N) is 1. The molecule has 0 aliphatic rings. The minimum absolute atomic E-state index is 0.00975. The van der Waals surface area contributed by atoms with Crippen LogP contribution in [0.1, 0.15) is 12.0 Å². The fraction of sp³-hybridized carbons (Fsp3) is 0.222. The predicted molar refractivity (Wildman–Crippen MR) is 46.8 cm³/mol. The number of nitrogen functional groups attached to an aromatic ring is 1. The quantitative estimate of drug-likeness (QED) is 0.696. The molecule has 1 rings (SSSR count). The number of benzene rings is 1. The first-order valence-electron chi connectivity index (χ1n) is 3.85. The van der Waals surface area contributed by atoms with Crippen LogP contribution in [0.3, 0.4) is 0 Å². The summed E-state index contributed by atoms with van der Waals surface area (Å²) in [5.41, 5.74) is 6.45. The highest BCUT2D eigenvalue weighted by Gasteiger charge is 2.03. The Morgan fingerprint density at radius 3 is 2.77 bits per heavy atom. The van der Waals surface area contributed by atoms with Gasteiger partial charge in [0.25, 0.3) is 0 Å². The van der Waals surface area contributed by atoms with Crippen molar-refractivity contribution in [3.63, 3.8) is 0 Å². The van der Waals surface area contributed by atoms with Gasteiger partial charge in [0.05, 0.1) is 0 Å². The summed E-state index contributed by atoms with van der Waals surface area (Å²) in [6.45, 7) is 0. The molecular formula is C9H10FNO2. The summed E-state index contributed by atoms with van der Waals surface area (Å²) in [4.78, 5) is 10.2. The molecule has 0 unspecified atom stereocenters. The number of carboxylic acids is 1. The lowest BCUT2D eigenvalue weighted by atomic mass is 10.1. The molecule has 4 heteroatoms. The summed E-state index contributed by atoms with van der Waals surface area (Å²) < 4.78 is 12.6. The van der Waals surface area contributed by atoms with Gasteiger partial charge in [0, 0.05) is 12.1 Å². The van der Waals surface area contributed by atoms with Gasteiger partial charge in [0.1, 0.15) is 5.82 Å². The maximum atomic E-state index is 12.6. The molecule has 0 aliphatic heterocycles. The van der Waals surface area contributed by atoms with Crippen LogP contribution in [0.2, 0.25) is 0 Å². The van der Waals surface area contributed by atoms with Crippen molar-refractivity contribution < 1.29 is 14.3 Å². The molecule has 3 nitrogen and oxygen atoms in total. The molecule has 0 bridgehead atoms. The number of rotatable bonds is 3. The molecule has 0 heterocycles. The minimum atomic E-state index is -0.885. The predicted octanol–water partition coefficient (Wildman–Crippen LogP) is 1.43. The van der Waals surface area contributed by atoms with E-state index in [0.29, 0.717) is 17.7 Å². The molecule has 3 N–H and O–H groups in total. The molecule has 0 saturated heterocycles. The number of aliphatic carboxylic acids is 1. The van der Waals surface area contributed by atoms with E-state index in [9.17, 15) is 9.18 Å². The van der Waals surface area contributed by atoms with E-state index in [-0.39, 0.29) is 6.42 Å². The van der Waals surface area contributed by atoms with Gasteiger partial charge in [0.2, 0.25) is 0 Å². The Morgan fingerprint density at radius 1 is 1.54 bits per heavy atom. The highest BCUT2D eigenvalue weighted by molar-refractivity contribution is 5.67. The number of carbonyl (C=O) groups is 1. The standard InChI is InChI=1S/C9H10FNO2/c10-7-3-1-6(8(11)5-7)2-4-9(12)13/h1,3,5H,2,4,11H2,(H,12,13). The molecule has 0 aromatic heterocycles. The molecule has 13 heavy (non-hydrogen) atoms. The molecule has 70 valence electrons. The molecule has 0 atom stereocenters. The third-order valence-corrected chi connectivity index (χ3v) is 1.72. The lowest BCUT2D eigenvalue weighted by Crippen LogP contribution is -2.00. The second-order valence-electron chi connectivity index (χ2n) is 2.74. The van der Waals surface area contributed by atoms with Crippen molar-refractivity contribution in [1.82, 2.24) is 0 Å². The van der Waals surface area contributed by atoms with Crippen LogP contribution >= 0.6 is 0 Å². The van der Waals surface area contributed by atoms with E-state index < -0.39 is 11.8 Å². The van der Waals surface area contributed by atoms with E-state index in [1.54, 1.807) is 0 Å². The normalized spacial score (nSPS) is 9.92. The number of halogens is 1. The third-order valence-electron chi connectivity index (χ3n) is 1.72. The zero-order chi connectivity index (χ0) is 9.84. The van der Waals surface area contributed by atoms with Gasteiger partial charge in [-0.25, -0.2) is 4.39 Å². The first-order valence-corrected chi connectivity index (χ1v) is 3.85. The van der Waals surface area contributed by atoms with Crippen LogP contribution in [0.4, 0.5) is 10.1 Å². The van der Waals surface area contributed by atoms with E-state index in [4.69, 9.17) is 10.8 Å². The Labute approximate surface area is 75.0 Å². The van der Waals surface area contributed by atoms with Crippen molar-refractivity contribution in [3.05, 3.63) is 29.6 Å². The number of aryl methyl sites for hydroxylation is 1. The first kappa shape index (κ1) is 9.51. The SMILES string of the molecule is Nc1cc(F)ccc1CCC(=O)O. The Hall–Kier alpha value is -1.58. The molecule has 0 amide bonds. The molecule has 0 radical (unpaired) electrons. The molecule has 0 saturated carbocycles. The van der Waals surface area contributed by atoms with Crippen LogP contribution in [0.25, 0.3) is 0 Å². The first-order chi connectivity index (χ1) is 6.09. The maximum absolute atomic E-state index is 12.6. The molecule has 0 spiro atoms. The summed E-state index contributed by atoms with van der Waals surface area (Å²) in [6, 6.07) is 3.97. The monoisotopic (exact) mass is 183 g/mol. The Morgan fingerprint density at radius 2 is 2.23 bits per heavy atom. The summed E-state index contributed by atoms with van der Waals surface area (Å²) >= 11 is 0. The molecule has 0 fully saturated rings. The van der Waals surface area contributed by atoms with Crippen LogP contribution in [0.15, 0.2) is 18.2 Å². The average Bonchev–Trinajstić information content (AvgIpc) is 2.02. The summed E-state index contributed by atoms with van der Waals surface area (Å²) in [5.74, 6) is -1.29. The summed E-state index contributed by atoms with van der Waals surface area (Å²) in [6.07, 6.45) is 0.345. The third kappa shape index (κ3) is 2.74. The Bertz CT molecular complexity index is 325. The van der Waals surface area contributed by atoms with E-state index >= 15 is 0 Å².